The fourth-order valence-electron chi connectivity index (χ4n) is 1.52. The van der Waals surface area contributed by atoms with Gasteiger partial charge in [0.05, 0.1) is 11.2 Å². The van der Waals surface area contributed by atoms with Crippen LogP contribution in [-0.4, -0.2) is 33.9 Å². The second kappa shape index (κ2) is 9.76. The predicted molar refractivity (Wildman–Crippen MR) is 85.3 cm³/mol. The molecule has 1 aromatic heterocycles. The number of hydrogen-bond acceptors (Lipinski definition) is 6. The van der Waals surface area contributed by atoms with Gasteiger partial charge in [-0.2, -0.15) is 0 Å². The molecule has 0 aliphatic heterocycles. The van der Waals surface area contributed by atoms with Gasteiger partial charge in [0.2, 0.25) is 0 Å². The van der Waals surface area contributed by atoms with Gasteiger partial charge >= 0.3 is 11.9 Å². The molecule has 2 aromatic rings. The van der Waals surface area contributed by atoms with E-state index in [0.29, 0.717) is 34.5 Å². The molecule has 24 heavy (non-hydrogen) atoms. The van der Waals surface area contributed by atoms with Crippen molar-refractivity contribution in [3.05, 3.63) is 46.3 Å². The van der Waals surface area contributed by atoms with Crippen molar-refractivity contribution in [3.8, 4) is 5.75 Å². The molecular formula is C14H14Cl2N2O6. The van der Waals surface area contributed by atoms with Gasteiger partial charge in [-0.05, 0) is 18.7 Å². The first-order valence-electron chi connectivity index (χ1n) is 6.53. The van der Waals surface area contributed by atoms with Crippen molar-refractivity contribution in [1.82, 2.24) is 5.16 Å². The molecule has 0 amide bonds. The smallest absolute Gasteiger partial charge is 0.414 e. The Morgan fingerprint density at radius 2 is 1.92 bits per heavy atom. The Balaban J connectivity index is 0.000000413. The lowest BCUT2D eigenvalue weighted by molar-refractivity contribution is -0.159. The van der Waals surface area contributed by atoms with E-state index in [1.807, 2.05) is 0 Å². The zero-order valence-electron chi connectivity index (χ0n) is 12.2. The Labute approximate surface area is 146 Å². The fourth-order valence-corrected chi connectivity index (χ4v) is 1.85. The molecule has 0 fully saturated rings. The van der Waals surface area contributed by atoms with E-state index in [2.05, 4.69) is 5.16 Å². The molecule has 0 aliphatic carbocycles. The van der Waals surface area contributed by atoms with Crippen LogP contribution in [0.25, 0.3) is 0 Å². The lowest BCUT2D eigenvalue weighted by Gasteiger charge is -2.16. The maximum atomic E-state index is 9.10. The molecule has 0 spiro atoms. The number of benzene rings is 1. The van der Waals surface area contributed by atoms with Crippen LogP contribution in [0.15, 0.2) is 35.0 Å². The van der Waals surface area contributed by atoms with E-state index < -0.39 is 11.9 Å². The van der Waals surface area contributed by atoms with Crippen molar-refractivity contribution < 1.29 is 29.1 Å². The molecule has 0 saturated heterocycles. The monoisotopic (exact) mass is 376 g/mol. The van der Waals surface area contributed by atoms with Crippen LogP contribution in [0.5, 0.6) is 5.75 Å². The van der Waals surface area contributed by atoms with Crippen molar-refractivity contribution in [1.29, 1.82) is 0 Å². The fraction of sp³-hybridized carbons (Fsp3) is 0.214. The number of rotatable bonds is 5. The Hall–Kier alpha value is -2.29. The summed E-state index contributed by atoms with van der Waals surface area (Å²) < 4.78 is 10.9. The van der Waals surface area contributed by atoms with E-state index in [1.54, 1.807) is 30.5 Å². The molecule has 8 nitrogen and oxygen atoms in total. The highest BCUT2D eigenvalue weighted by Crippen LogP contribution is 2.32. The molecule has 1 atom stereocenters. The summed E-state index contributed by atoms with van der Waals surface area (Å²) in [5, 5.41) is 19.5. The molecule has 1 heterocycles. The third-order valence-electron chi connectivity index (χ3n) is 2.55. The highest BCUT2D eigenvalue weighted by atomic mass is 35.5. The van der Waals surface area contributed by atoms with E-state index in [9.17, 15) is 0 Å². The minimum atomic E-state index is -1.82. The first-order valence-corrected chi connectivity index (χ1v) is 7.29. The number of nitrogens with zero attached hydrogens (tertiary/aromatic N) is 1. The number of carboxylic acids is 2. The van der Waals surface area contributed by atoms with Crippen molar-refractivity contribution in [2.75, 3.05) is 6.54 Å². The molecule has 0 bridgehead atoms. The van der Waals surface area contributed by atoms with Crippen LogP contribution in [0, 0.1) is 0 Å². The quantitative estimate of drug-likeness (QED) is 0.677. The number of halogens is 2. The summed E-state index contributed by atoms with van der Waals surface area (Å²) in [5.74, 6) is -2.54. The molecule has 0 unspecified atom stereocenters. The maximum absolute atomic E-state index is 9.10. The zero-order chi connectivity index (χ0) is 18.1. The average molecular weight is 377 g/mol. The zero-order valence-corrected chi connectivity index (χ0v) is 13.7. The molecule has 130 valence electrons. The van der Waals surface area contributed by atoms with Gasteiger partial charge in [-0.15, -0.1) is 0 Å². The summed E-state index contributed by atoms with van der Waals surface area (Å²) in [5.41, 5.74) is 5.56. The second-order valence-electron chi connectivity index (χ2n) is 4.28. The summed E-state index contributed by atoms with van der Waals surface area (Å²) in [7, 11) is 0. The standard InChI is InChI=1S/C12H12Cl2N2O2.C2H2O4/c13-8-1-2-9(14)12(7-8)17-10(3-5-15)11-4-6-16-18-11;3-1(4)2(5)6/h1-2,4,6-7,10H,3,5,15H2;(H,3,4)(H,5,6)/t10-;/m1./s1. The Kier molecular flexibility index (Phi) is 8.03. The normalized spacial score (nSPS) is 11.1. The Morgan fingerprint density at radius 3 is 2.42 bits per heavy atom. The van der Waals surface area contributed by atoms with E-state index in [-0.39, 0.29) is 6.10 Å². The Morgan fingerprint density at radius 1 is 1.25 bits per heavy atom. The van der Waals surface area contributed by atoms with Crippen LogP contribution >= 0.6 is 23.2 Å². The van der Waals surface area contributed by atoms with E-state index >= 15 is 0 Å². The number of aromatic nitrogens is 1. The lowest BCUT2D eigenvalue weighted by Crippen LogP contribution is -2.12. The van der Waals surface area contributed by atoms with Crippen molar-refractivity contribution in [3.63, 3.8) is 0 Å². The molecule has 0 aliphatic rings. The van der Waals surface area contributed by atoms with Crippen LogP contribution < -0.4 is 10.5 Å². The first-order chi connectivity index (χ1) is 11.3. The minimum Gasteiger partial charge on any atom is -0.481 e. The highest BCUT2D eigenvalue weighted by Gasteiger charge is 2.18. The lowest BCUT2D eigenvalue weighted by atomic mass is 10.2. The van der Waals surface area contributed by atoms with Crippen LogP contribution in [0.3, 0.4) is 0 Å². The summed E-state index contributed by atoms with van der Waals surface area (Å²) >= 11 is 11.9. The van der Waals surface area contributed by atoms with E-state index in [1.165, 1.54) is 0 Å². The van der Waals surface area contributed by atoms with Crippen molar-refractivity contribution in [2.45, 2.75) is 12.5 Å². The van der Waals surface area contributed by atoms with Crippen LogP contribution in [0.1, 0.15) is 18.3 Å². The van der Waals surface area contributed by atoms with Gasteiger partial charge in [0.1, 0.15) is 5.75 Å². The SMILES string of the molecule is NCC[C@@H](Oc1cc(Cl)ccc1Cl)c1ccno1.O=C(O)C(=O)O. The number of ether oxygens (including phenoxy) is 1. The predicted octanol–water partition coefficient (Wildman–Crippen LogP) is 2.61. The van der Waals surface area contributed by atoms with E-state index in [4.69, 9.17) is 58.0 Å². The Bertz CT molecular complexity index is 666. The summed E-state index contributed by atoms with van der Waals surface area (Å²) in [6.45, 7) is 0.462. The first kappa shape index (κ1) is 19.8. The number of carbonyl (C=O) groups is 2. The van der Waals surface area contributed by atoms with Gasteiger partial charge in [-0.3, -0.25) is 0 Å². The number of carboxylic acid groups (broad SMARTS) is 2. The second-order valence-corrected chi connectivity index (χ2v) is 5.13. The largest absolute Gasteiger partial charge is 0.481 e. The number of hydrogen-bond donors (Lipinski definition) is 3. The third kappa shape index (κ3) is 6.45. The molecule has 0 radical (unpaired) electrons. The van der Waals surface area contributed by atoms with Gasteiger partial charge in [0.25, 0.3) is 0 Å². The molecule has 0 saturated carbocycles. The van der Waals surface area contributed by atoms with E-state index in [0.717, 1.165) is 0 Å². The minimum absolute atomic E-state index is 0.325. The number of nitrogens with two attached hydrogens (primary N) is 1. The van der Waals surface area contributed by atoms with Gasteiger partial charge in [0.15, 0.2) is 11.9 Å². The maximum Gasteiger partial charge on any atom is 0.414 e. The highest BCUT2D eigenvalue weighted by molar-refractivity contribution is 6.34. The topological polar surface area (TPSA) is 136 Å². The summed E-state index contributed by atoms with van der Waals surface area (Å²) in [4.78, 5) is 18.2. The van der Waals surface area contributed by atoms with Gasteiger partial charge in [-0.25, -0.2) is 9.59 Å². The van der Waals surface area contributed by atoms with Crippen LogP contribution in [-0.2, 0) is 9.59 Å². The third-order valence-corrected chi connectivity index (χ3v) is 3.10. The summed E-state index contributed by atoms with van der Waals surface area (Å²) in [6.07, 6.45) is 1.83. The average Bonchev–Trinajstić information content (AvgIpc) is 3.05. The van der Waals surface area contributed by atoms with Gasteiger partial charge in [-0.1, -0.05) is 28.4 Å². The molecule has 2 rings (SSSR count). The number of aliphatic carboxylic acids is 2. The molecule has 4 N–H and O–H groups in total. The van der Waals surface area contributed by atoms with Crippen molar-refractivity contribution >= 4 is 35.1 Å². The van der Waals surface area contributed by atoms with Crippen molar-refractivity contribution in [2.24, 2.45) is 5.73 Å². The molecular weight excluding hydrogens is 363 g/mol. The molecule has 1 aromatic carbocycles. The van der Waals surface area contributed by atoms with Crippen LogP contribution in [0.4, 0.5) is 0 Å². The van der Waals surface area contributed by atoms with Gasteiger partial charge in [0, 0.05) is 23.6 Å². The van der Waals surface area contributed by atoms with Gasteiger partial charge < -0.3 is 25.2 Å². The van der Waals surface area contributed by atoms with Crippen LogP contribution in [0.2, 0.25) is 10.0 Å². The summed E-state index contributed by atoms with van der Waals surface area (Å²) in [6, 6.07) is 6.77. The molecule has 10 heteroatoms.